The molecule has 0 aromatic rings. The third-order valence-corrected chi connectivity index (χ3v) is 0. The van der Waals surface area contributed by atoms with Gasteiger partial charge in [0.05, 0.1) is 0 Å². The summed E-state index contributed by atoms with van der Waals surface area (Å²) < 4.78 is 0. The van der Waals surface area contributed by atoms with Crippen LogP contribution in [-0.2, 0) is 0 Å². The number of hydrogen-bond acceptors (Lipinski definition) is 0. The van der Waals surface area contributed by atoms with Crippen LogP contribution < -0.4 is 0 Å². The van der Waals surface area contributed by atoms with Gasteiger partial charge in [-0.25, -0.2) is 0 Å². The van der Waals surface area contributed by atoms with Gasteiger partial charge in [0.2, 0.25) is 0 Å². The van der Waals surface area contributed by atoms with Crippen LogP contribution in [0, 0.1) is 0 Å². The Morgan fingerprint density at radius 1 is 1.14 bits per heavy atom. The molecule has 0 fully saturated rings. The van der Waals surface area contributed by atoms with Crippen LogP contribution in [0.1, 0.15) is 0 Å². The molecular weight excluding hydrogens is 148 g/mol. The molecule has 0 saturated heterocycles. The van der Waals surface area contributed by atoms with Gasteiger partial charge >= 0.3 is 0 Å². The van der Waals surface area contributed by atoms with E-state index in [1.807, 2.05) is 0 Å². The fourth-order valence-corrected chi connectivity index (χ4v) is 0. The van der Waals surface area contributed by atoms with Crippen molar-refractivity contribution in [3.05, 3.63) is 0 Å². The largest absolute Gasteiger partial charge is 0.0724 e. The second kappa shape index (κ2) is 9.98. The van der Waals surface area contributed by atoms with Crippen molar-refractivity contribution in [3.63, 3.8) is 0 Å². The average Bonchev–Trinajstić information content (AvgIpc) is 1.33. The fraction of sp³-hybridized carbons (Fsp3) is 1.00. The van der Waals surface area contributed by atoms with Crippen molar-refractivity contribution in [2.24, 2.45) is 0 Å². The molecule has 4 heteroatoms. The lowest BCUT2D eigenvalue weighted by atomic mass is 11.8. The quantitative estimate of drug-likeness (QED) is 0.359. The van der Waals surface area contributed by atoms with E-state index in [4.69, 9.17) is 0 Å². The molecule has 0 aliphatic heterocycles. The Labute approximate surface area is 56.9 Å². The van der Waals surface area contributed by atoms with Crippen molar-refractivity contribution in [1.29, 1.82) is 0 Å². The SMILES string of the molecule is C[SiH](C)C.[SiH3][SiH2][SiH3]. The minimum Gasteiger partial charge on any atom is -0.0724 e. The van der Waals surface area contributed by atoms with Crippen molar-refractivity contribution >= 4 is 36.9 Å². The van der Waals surface area contributed by atoms with E-state index in [1.165, 1.54) is 0 Å². The first-order valence-corrected chi connectivity index (χ1v) is 17.9. The second-order valence-electron chi connectivity index (χ2n) is 2.44. The molecular formula is C3H18Si4. The van der Waals surface area contributed by atoms with Gasteiger partial charge in [0, 0.05) is 8.80 Å². The highest BCUT2D eigenvalue weighted by atomic mass is 29.5. The average molecular weight is 167 g/mol. The third-order valence-electron chi connectivity index (χ3n) is 0. The molecule has 0 aliphatic rings. The van der Waals surface area contributed by atoms with Gasteiger partial charge in [0.1, 0.15) is 0 Å². The predicted octanol–water partition coefficient (Wildman–Crippen LogP) is -2.18. The van der Waals surface area contributed by atoms with Gasteiger partial charge in [-0.15, -0.1) is 0 Å². The zero-order valence-electron chi connectivity index (χ0n) is 6.28. The molecule has 0 unspecified atom stereocenters. The van der Waals surface area contributed by atoms with Crippen molar-refractivity contribution < 1.29 is 0 Å². The summed E-state index contributed by atoms with van der Waals surface area (Å²) in [5, 5.41) is 0. The zero-order valence-corrected chi connectivity index (χ0v) is 12.9. The molecule has 0 aliphatic carbocycles. The van der Waals surface area contributed by atoms with Crippen LogP contribution in [0.15, 0.2) is 0 Å². The number of rotatable bonds is 0. The predicted molar refractivity (Wildman–Crippen MR) is 53.2 cm³/mol. The Balaban J connectivity index is 0. The summed E-state index contributed by atoms with van der Waals surface area (Å²) in [5.74, 6) is 0. The highest BCUT2D eigenvalue weighted by Gasteiger charge is 1.71. The molecule has 0 amide bonds. The molecule has 0 atom stereocenters. The van der Waals surface area contributed by atoms with Gasteiger partial charge in [-0.2, -0.15) is 0 Å². The first kappa shape index (κ1) is 10.8. The van der Waals surface area contributed by atoms with E-state index < -0.39 is 0 Å². The Morgan fingerprint density at radius 2 is 1.14 bits per heavy atom. The second-order valence-corrected chi connectivity index (χ2v) is 24.3. The highest BCUT2D eigenvalue weighted by molar-refractivity contribution is 7.17. The van der Waals surface area contributed by atoms with Crippen LogP contribution in [-0.4, -0.2) is 36.9 Å². The van der Waals surface area contributed by atoms with Gasteiger partial charge in [0.25, 0.3) is 0 Å². The van der Waals surface area contributed by atoms with Crippen LogP contribution in [0.4, 0.5) is 0 Å². The maximum absolute atomic E-state index is 2.31. The summed E-state index contributed by atoms with van der Waals surface area (Å²) in [6, 6.07) is 0. The molecule has 0 nitrogen and oxygen atoms in total. The van der Waals surface area contributed by atoms with E-state index >= 15 is 0 Å². The third kappa shape index (κ3) is 216. The molecule has 0 aromatic carbocycles. The van der Waals surface area contributed by atoms with Gasteiger partial charge in [-0.05, 0) is 28.1 Å². The Hall–Kier alpha value is 0.868. The topological polar surface area (TPSA) is 0 Å². The first-order valence-electron chi connectivity index (χ1n) is 3.15. The Bertz CT molecular complexity index is 18.1. The van der Waals surface area contributed by atoms with Crippen molar-refractivity contribution in [2.45, 2.75) is 19.6 Å². The highest BCUT2D eigenvalue weighted by Crippen LogP contribution is 1.68. The lowest BCUT2D eigenvalue weighted by Gasteiger charge is -1.75. The van der Waals surface area contributed by atoms with Gasteiger partial charge in [0.15, 0.2) is 0 Å². The Kier molecular flexibility index (Phi) is 15.4. The van der Waals surface area contributed by atoms with Crippen molar-refractivity contribution in [3.8, 4) is 0 Å². The van der Waals surface area contributed by atoms with E-state index in [9.17, 15) is 0 Å². The molecule has 0 aromatic heterocycles. The minimum atomic E-state index is -0.139. The molecule has 0 saturated carbocycles. The minimum absolute atomic E-state index is 0.139. The molecule has 0 spiro atoms. The van der Waals surface area contributed by atoms with Crippen LogP contribution in [0.3, 0.4) is 0 Å². The lowest BCUT2D eigenvalue weighted by Crippen LogP contribution is -1.84. The molecule has 0 rings (SSSR count). The fourth-order valence-electron chi connectivity index (χ4n) is 0. The van der Waals surface area contributed by atoms with E-state index in [2.05, 4.69) is 19.6 Å². The molecule has 0 N–H and O–H groups in total. The Morgan fingerprint density at radius 3 is 1.14 bits per heavy atom. The van der Waals surface area contributed by atoms with Crippen molar-refractivity contribution in [2.75, 3.05) is 0 Å². The summed E-state index contributed by atoms with van der Waals surface area (Å²) in [7, 11) is 3.69. The maximum atomic E-state index is 2.31. The van der Waals surface area contributed by atoms with Crippen LogP contribution in [0.2, 0.25) is 19.6 Å². The van der Waals surface area contributed by atoms with E-state index in [-0.39, 0.29) is 8.80 Å². The van der Waals surface area contributed by atoms with E-state index in [0.717, 1.165) is 0 Å². The lowest BCUT2D eigenvalue weighted by molar-refractivity contribution is 1.91. The molecule has 0 bridgehead atoms. The smallest absolute Gasteiger partial charge is 0.0274 e. The van der Waals surface area contributed by atoms with Crippen LogP contribution in [0.25, 0.3) is 0 Å². The normalized spacial score (nSPS) is 10.3. The standard InChI is InChI=1S/C3H10Si.H8Si3/c1-4(2)3;1-3-2/h4H,1-3H3;3H2,1-2H3. The van der Waals surface area contributed by atoms with Gasteiger partial charge < -0.3 is 0 Å². The van der Waals surface area contributed by atoms with E-state index in [1.54, 1.807) is 19.5 Å². The summed E-state index contributed by atoms with van der Waals surface area (Å²) in [5.41, 5.74) is 0. The van der Waals surface area contributed by atoms with Gasteiger partial charge in [-0.3, -0.25) is 0 Å². The summed E-state index contributed by atoms with van der Waals surface area (Å²) in [4.78, 5) is 0. The first-order chi connectivity index (χ1) is 3.15. The molecule has 0 heterocycles. The summed E-state index contributed by atoms with van der Waals surface area (Å²) >= 11 is 0. The van der Waals surface area contributed by atoms with Gasteiger partial charge in [-0.1, -0.05) is 19.6 Å². The molecule has 7 heavy (non-hydrogen) atoms. The van der Waals surface area contributed by atoms with Crippen LogP contribution >= 0.6 is 0 Å². The molecule has 0 radical (unpaired) electrons. The zero-order chi connectivity index (χ0) is 6.28. The maximum Gasteiger partial charge on any atom is 0.0274 e. The molecule has 46 valence electrons. The van der Waals surface area contributed by atoms with E-state index in [0.29, 0.717) is 8.55 Å². The monoisotopic (exact) mass is 166 g/mol. The summed E-state index contributed by atoms with van der Waals surface area (Å²) in [6.07, 6.45) is 0. The number of hydrogen-bond donors (Lipinski definition) is 0. The van der Waals surface area contributed by atoms with Crippen LogP contribution in [0.5, 0.6) is 0 Å². The van der Waals surface area contributed by atoms with Crippen molar-refractivity contribution in [1.82, 2.24) is 0 Å². The summed E-state index contributed by atoms with van der Waals surface area (Å²) in [6.45, 7) is 6.92.